The topological polar surface area (TPSA) is 72.2 Å². The average molecular weight is 210 g/mol. The summed E-state index contributed by atoms with van der Waals surface area (Å²) in [6, 6.07) is -0.603. The van der Waals surface area contributed by atoms with Crippen molar-refractivity contribution in [1.82, 2.24) is 5.32 Å². The number of carbonyl (C=O) groups excluding carboxylic acids is 2. The second-order valence-corrected chi connectivity index (χ2v) is 3.71. The lowest BCUT2D eigenvalue weighted by molar-refractivity contribution is -0.129. The molecular formula is C11H18N2O2. The average Bonchev–Trinajstić information content (AvgIpc) is 2.15. The second-order valence-electron chi connectivity index (χ2n) is 3.71. The molecule has 0 saturated heterocycles. The van der Waals surface area contributed by atoms with Gasteiger partial charge in [-0.1, -0.05) is 13.8 Å². The van der Waals surface area contributed by atoms with Crippen LogP contribution in [-0.2, 0) is 9.59 Å². The van der Waals surface area contributed by atoms with Crippen molar-refractivity contribution >= 4 is 11.8 Å². The molecule has 84 valence electrons. The second kappa shape index (κ2) is 6.88. The third kappa shape index (κ3) is 5.74. The Morgan fingerprint density at radius 2 is 2.07 bits per heavy atom. The highest BCUT2D eigenvalue weighted by Crippen LogP contribution is 2.02. The highest BCUT2D eigenvalue weighted by atomic mass is 16.2. The number of primary amides is 1. The lowest BCUT2D eigenvalue weighted by atomic mass is 10.1. The SMILES string of the molecule is C#CCCC[C@@H](NC(=O)C(C)C)C(N)=O. The summed E-state index contributed by atoms with van der Waals surface area (Å²) < 4.78 is 0. The lowest BCUT2D eigenvalue weighted by Gasteiger charge is -2.16. The molecule has 0 aliphatic heterocycles. The van der Waals surface area contributed by atoms with Crippen molar-refractivity contribution in [3.63, 3.8) is 0 Å². The van der Waals surface area contributed by atoms with Crippen LogP contribution in [0.15, 0.2) is 0 Å². The zero-order valence-corrected chi connectivity index (χ0v) is 9.25. The number of amides is 2. The molecule has 0 aromatic rings. The maximum Gasteiger partial charge on any atom is 0.240 e. The fourth-order valence-corrected chi connectivity index (χ4v) is 1.03. The summed E-state index contributed by atoms with van der Waals surface area (Å²) in [6.45, 7) is 3.52. The van der Waals surface area contributed by atoms with Crippen LogP contribution < -0.4 is 11.1 Å². The Bertz CT molecular complexity index is 266. The summed E-state index contributed by atoms with van der Waals surface area (Å²) >= 11 is 0. The fraction of sp³-hybridized carbons (Fsp3) is 0.636. The van der Waals surface area contributed by atoms with Crippen molar-refractivity contribution in [2.45, 2.75) is 39.2 Å². The van der Waals surface area contributed by atoms with Crippen molar-refractivity contribution in [2.24, 2.45) is 11.7 Å². The van der Waals surface area contributed by atoms with Gasteiger partial charge in [-0.2, -0.15) is 0 Å². The van der Waals surface area contributed by atoms with Crippen LogP contribution in [-0.4, -0.2) is 17.9 Å². The van der Waals surface area contributed by atoms with E-state index in [4.69, 9.17) is 12.2 Å². The molecule has 0 aliphatic carbocycles. The van der Waals surface area contributed by atoms with Crippen molar-refractivity contribution in [3.8, 4) is 12.3 Å². The first-order chi connectivity index (χ1) is 6.99. The number of hydrogen-bond acceptors (Lipinski definition) is 2. The third-order valence-corrected chi connectivity index (χ3v) is 2.00. The van der Waals surface area contributed by atoms with Crippen LogP contribution in [0.5, 0.6) is 0 Å². The Labute approximate surface area is 90.6 Å². The molecule has 0 spiro atoms. The van der Waals surface area contributed by atoms with Gasteiger partial charge in [-0.3, -0.25) is 9.59 Å². The zero-order valence-electron chi connectivity index (χ0n) is 9.25. The van der Waals surface area contributed by atoms with E-state index in [1.165, 1.54) is 0 Å². The van der Waals surface area contributed by atoms with Gasteiger partial charge in [-0.05, 0) is 12.8 Å². The normalized spacial score (nSPS) is 11.9. The van der Waals surface area contributed by atoms with E-state index >= 15 is 0 Å². The van der Waals surface area contributed by atoms with Gasteiger partial charge in [0.05, 0.1) is 0 Å². The first kappa shape index (κ1) is 13.5. The lowest BCUT2D eigenvalue weighted by Crippen LogP contribution is -2.45. The minimum Gasteiger partial charge on any atom is -0.368 e. The number of rotatable bonds is 6. The van der Waals surface area contributed by atoms with Crippen LogP contribution >= 0.6 is 0 Å². The van der Waals surface area contributed by atoms with Gasteiger partial charge in [0.25, 0.3) is 0 Å². The maximum absolute atomic E-state index is 11.3. The van der Waals surface area contributed by atoms with Crippen LogP contribution in [0.4, 0.5) is 0 Å². The van der Waals surface area contributed by atoms with Crippen LogP contribution in [0.3, 0.4) is 0 Å². The molecule has 0 rings (SSSR count). The van der Waals surface area contributed by atoms with Gasteiger partial charge in [0.15, 0.2) is 0 Å². The molecule has 0 aromatic heterocycles. The van der Waals surface area contributed by atoms with E-state index in [1.807, 2.05) is 0 Å². The summed E-state index contributed by atoms with van der Waals surface area (Å²) in [5, 5.41) is 2.59. The Kier molecular flexibility index (Phi) is 6.19. The Balaban J connectivity index is 4.12. The molecule has 0 saturated carbocycles. The quantitative estimate of drug-likeness (QED) is 0.492. The van der Waals surface area contributed by atoms with Gasteiger partial charge in [-0.15, -0.1) is 12.3 Å². The van der Waals surface area contributed by atoms with E-state index in [0.29, 0.717) is 19.3 Å². The number of nitrogens with one attached hydrogen (secondary N) is 1. The van der Waals surface area contributed by atoms with Gasteiger partial charge in [0.2, 0.25) is 11.8 Å². The maximum atomic E-state index is 11.3. The van der Waals surface area contributed by atoms with Crippen LogP contribution in [0, 0.1) is 18.3 Å². The van der Waals surface area contributed by atoms with E-state index in [1.54, 1.807) is 13.8 Å². The van der Waals surface area contributed by atoms with Gasteiger partial charge < -0.3 is 11.1 Å². The summed E-state index contributed by atoms with van der Waals surface area (Å²) in [5.74, 6) is 1.64. The summed E-state index contributed by atoms with van der Waals surface area (Å²) in [5.41, 5.74) is 5.16. The molecule has 1 atom stereocenters. The Morgan fingerprint density at radius 1 is 1.47 bits per heavy atom. The number of carbonyl (C=O) groups is 2. The van der Waals surface area contributed by atoms with Crippen molar-refractivity contribution in [2.75, 3.05) is 0 Å². The predicted octanol–water partition coefficient (Wildman–Crippen LogP) is 0.416. The minimum absolute atomic E-state index is 0.153. The molecule has 0 aromatic carbocycles. The van der Waals surface area contributed by atoms with E-state index in [9.17, 15) is 9.59 Å². The molecule has 3 N–H and O–H groups in total. The van der Waals surface area contributed by atoms with Gasteiger partial charge in [-0.25, -0.2) is 0 Å². The van der Waals surface area contributed by atoms with E-state index in [2.05, 4.69) is 11.2 Å². The minimum atomic E-state index is -0.603. The largest absolute Gasteiger partial charge is 0.368 e. The van der Waals surface area contributed by atoms with E-state index in [0.717, 1.165) is 0 Å². The first-order valence-electron chi connectivity index (χ1n) is 5.02. The number of terminal acetylenes is 1. The monoisotopic (exact) mass is 210 g/mol. The summed E-state index contributed by atoms with van der Waals surface area (Å²) in [4.78, 5) is 22.3. The standard InChI is InChI=1S/C11H18N2O2/c1-4-5-6-7-9(10(12)14)13-11(15)8(2)3/h1,8-9H,5-7H2,2-3H3,(H2,12,14)(H,13,15)/t9-/m1/s1. The highest BCUT2D eigenvalue weighted by molar-refractivity contribution is 5.87. The van der Waals surface area contributed by atoms with E-state index in [-0.39, 0.29) is 11.8 Å². The molecule has 0 bridgehead atoms. The molecule has 4 nitrogen and oxygen atoms in total. The smallest absolute Gasteiger partial charge is 0.240 e. The molecule has 0 fully saturated rings. The first-order valence-corrected chi connectivity index (χ1v) is 5.02. The van der Waals surface area contributed by atoms with Crippen LogP contribution in [0.25, 0.3) is 0 Å². The molecule has 2 amide bonds. The Hall–Kier alpha value is -1.50. The van der Waals surface area contributed by atoms with Gasteiger partial charge in [0, 0.05) is 12.3 Å². The van der Waals surface area contributed by atoms with Crippen molar-refractivity contribution < 1.29 is 9.59 Å². The number of nitrogens with two attached hydrogens (primary N) is 1. The number of hydrogen-bond donors (Lipinski definition) is 2. The molecular weight excluding hydrogens is 192 g/mol. The van der Waals surface area contributed by atoms with Crippen LogP contribution in [0.1, 0.15) is 33.1 Å². The molecule has 0 unspecified atom stereocenters. The van der Waals surface area contributed by atoms with Gasteiger partial charge >= 0.3 is 0 Å². The molecule has 15 heavy (non-hydrogen) atoms. The number of unbranched alkanes of at least 4 members (excludes halogenated alkanes) is 1. The molecule has 0 heterocycles. The summed E-state index contributed by atoms with van der Waals surface area (Å²) in [7, 11) is 0. The zero-order chi connectivity index (χ0) is 11.8. The third-order valence-electron chi connectivity index (χ3n) is 2.00. The van der Waals surface area contributed by atoms with E-state index < -0.39 is 11.9 Å². The predicted molar refractivity (Wildman–Crippen MR) is 58.6 cm³/mol. The fourth-order valence-electron chi connectivity index (χ4n) is 1.03. The Morgan fingerprint density at radius 3 is 2.47 bits per heavy atom. The van der Waals surface area contributed by atoms with Crippen LogP contribution in [0.2, 0.25) is 0 Å². The molecule has 4 heteroatoms. The highest BCUT2D eigenvalue weighted by Gasteiger charge is 2.18. The van der Waals surface area contributed by atoms with Crippen molar-refractivity contribution in [1.29, 1.82) is 0 Å². The van der Waals surface area contributed by atoms with Gasteiger partial charge in [0.1, 0.15) is 6.04 Å². The van der Waals surface area contributed by atoms with Crippen molar-refractivity contribution in [3.05, 3.63) is 0 Å². The molecule has 0 radical (unpaired) electrons. The summed E-state index contributed by atoms with van der Waals surface area (Å²) in [6.07, 6.45) is 6.85. The molecule has 0 aliphatic rings.